The molecule has 1 aliphatic rings. The van der Waals surface area contributed by atoms with Crippen LogP contribution in [-0.4, -0.2) is 11.0 Å². The molecule has 0 saturated heterocycles. The van der Waals surface area contributed by atoms with Crippen LogP contribution in [0.1, 0.15) is 54.6 Å². The highest BCUT2D eigenvalue weighted by Gasteiger charge is 2.20. The lowest BCUT2D eigenvalue weighted by molar-refractivity contribution is 0.534. The summed E-state index contributed by atoms with van der Waals surface area (Å²) < 4.78 is 0. The molecule has 0 radical (unpaired) electrons. The highest BCUT2D eigenvalue weighted by molar-refractivity contribution is 5.87. The zero-order valence-electron chi connectivity index (χ0n) is 13.7. The van der Waals surface area contributed by atoms with Gasteiger partial charge in [-0.25, -0.2) is 0 Å². The van der Waals surface area contributed by atoms with Crippen molar-refractivity contribution in [3.63, 3.8) is 0 Å². The molecule has 1 atom stereocenters. The largest absolute Gasteiger partial charge is 0.310 e. The average Bonchev–Trinajstić information content (AvgIpc) is 2.95. The lowest BCUT2D eigenvalue weighted by Gasteiger charge is -2.17. The van der Waals surface area contributed by atoms with E-state index in [9.17, 15) is 0 Å². The molecule has 3 rings (SSSR count). The third kappa shape index (κ3) is 2.57. The number of benzene rings is 1. The van der Waals surface area contributed by atoms with E-state index in [-0.39, 0.29) is 0 Å². The van der Waals surface area contributed by atoms with Crippen LogP contribution in [0.25, 0.3) is 10.9 Å². The van der Waals surface area contributed by atoms with Crippen LogP contribution in [0.2, 0.25) is 0 Å². The monoisotopic (exact) mass is 282 g/mol. The molecule has 1 unspecified atom stereocenters. The quantitative estimate of drug-likeness (QED) is 0.907. The molecule has 0 aliphatic heterocycles. The number of pyridine rings is 1. The van der Waals surface area contributed by atoms with Gasteiger partial charge in [-0.1, -0.05) is 19.1 Å². The maximum atomic E-state index is 5.00. The molecule has 1 N–H and O–H groups in total. The number of hydrogen-bond acceptors (Lipinski definition) is 2. The first-order chi connectivity index (χ1) is 10.1. The number of aromatic nitrogens is 1. The van der Waals surface area contributed by atoms with Gasteiger partial charge in [-0.3, -0.25) is 4.98 Å². The molecule has 1 aromatic carbocycles. The molecule has 2 aromatic rings. The Morgan fingerprint density at radius 1 is 1.24 bits per heavy atom. The Labute approximate surface area is 128 Å². The highest BCUT2D eigenvalue weighted by Crippen LogP contribution is 2.32. The van der Waals surface area contributed by atoms with Gasteiger partial charge in [0, 0.05) is 23.7 Å². The van der Waals surface area contributed by atoms with Crippen LogP contribution in [0.5, 0.6) is 0 Å². The molecule has 112 valence electrons. The lowest BCUT2D eigenvalue weighted by Crippen LogP contribution is -2.25. The number of aryl methyl sites for hydroxylation is 3. The maximum absolute atomic E-state index is 5.00. The average molecular weight is 282 g/mol. The van der Waals surface area contributed by atoms with Crippen LogP contribution in [-0.2, 0) is 19.4 Å². The number of nitrogens with zero attached hydrogens (tertiary/aromatic N) is 1. The molecule has 2 heteroatoms. The van der Waals surface area contributed by atoms with Crippen LogP contribution < -0.4 is 5.32 Å². The highest BCUT2D eigenvalue weighted by atomic mass is 14.9. The number of nitrogens with one attached hydrogen (secondary N) is 1. The summed E-state index contributed by atoms with van der Waals surface area (Å²) in [5.41, 5.74) is 8.26. The third-order valence-electron chi connectivity index (χ3n) is 5.07. The van der Waals surface area contributed by atoms with Crippen molar-refractivity contribution in [1.29, 1.82) is 0 Å². The predicted octanol–water partition coefficient (Wildman–Crippen LogP) is 4.23. The molecule has 0 amide bonds. The molecule has 2 nitrogen and oxygen atoms in total. The zero-order chi connectivity index (χ0) is 15.0. The summed E-state index contributed by atoms with van der Waals surface area (Å²) in [6.45, 7) is 9.86. The second kappa shape index (κ2) is 5.76. The van der Waals surface area contributed by atoms with Gasteiger partial charge in [-0.2, -0.15) is 0 Å². The molecule has 1 heterocycles. The Balaban J connectivity index is 2.14. The minimum absolute atomic E-state index is 0.566. The second-order valence-electron chi connectivity index (χ2n) is 6.46. The minimum atomic E-state index is 0.566. The molecule has 0 bridgehead atoms. The topological polar surface area (TPSA) is 24.9 Å². The van der Waals surface area contributed by atoms with Crippen molar-refractivity contribution in [1.82, 2.24) is 10.3 Å². The van der Waals surface area contributed by atoms with E-state index >= 15 is 0 Å². The molecule has 21 heavy (non-hydrogen) atoms. The molecule has 0 saturated carbocycles. The van der Waals surface area contributed by atoms with E-state index in [1.807, 2.05) is 0 Å². The van der Waals surface area contributed by atoms with E-state index in [2.05, 4.69) is 45.1 Å². The summed E-state index contributed by atoms with van der Waals surface area (Å²) in [7, 11) is 0. The van der Waals surface area contributed by atoms with Gasteiger partial charge in [0.1, 0.15) is 0 Å². The first-order valence-electron chi connectivity index (χ1n) is 8.25. The van der Waals surface area contributed by atoms with Gasteiger partial charge in [0.15, 0.2) is 0 Å². The van der Waals surface area contributed by atoms with Crippen molar-refractivity contribution in [3.05, 3.63) is 40.1 Å². The van der Waals surface area contributed by atoms with E-state index < -0.39 is 0 Å². The van der Waals surface area contributed by atoms with Crippen LogP contribution in [0.3, 0.4) is 0 Å². The smallest absolute Gasteiger partial charge is 0.0740 e. The van der Waals surface area contributed by atoms with Crippen LogP contribution in [0, 0.1) is 13.8 Å². The van der Waals surface area contributed by atoms with Crippen LogP contribution in [0.15, 0.2) is 12.1 Å². The zero-order valence-corrected chi connectivity index (χ0v) is 13.7. The molecular formula is C19H26N2. The van der Waals surface area contributed by atoms with Crippen molar-refractivity contribution in [2.24, 2.45) is 0 Å². The Bertz CT molecular complexity index is 673. The Morgan fingerprint density at radius 2 is 2.05 bits per heavy atom. The van der Waals surface area contributed by atoms with E-state index in [0.29, 0.717) is 6.04 Å². The lowest BCUT2D eigenvalue weighted by atomic mass is 9.97. The molecule has 0 spiro atoms. The first-order valence-corrected chi connectivity index (χ1v) is 8.25. The van der Waals surface area contributed by atoms with E-state index in [4.69, 9.17) is 4.98 Å². The molecular weight excluding hydrogens is 256 g/mol. The fourth-order valence-corrected chi connectivity index (χ4v) is 3.28. The number of fused-ring (bicyclic) bond motifs is 2. The Hall–Kier alpha value is -1.41. The van der Waals surface area contributed by atoms with Gasteiger partial charge in [0.05, 0.1) is 5.52 Å². The van der Waals surface area contributed by atoms with Gasteiger partial charge in [-0.15, -0.1) is 0 Å². The number of rotatable bonds is 4. The summed E-state index contributed by atoms with van der Waals surface area (Å²) in [5.74, 6) is 0. The van der Waals surface area contributed by atoms with Gasteiger partial charge in [0.2, 0.25) is 0 Å². The van der Waals surface area contributed by atoms with Gasteiger partial charge >= 0.3 is 0 Å². The minimum Gasteiger partial charge on any atom is -0.310 e. The fraction of sp³-hybridized carbons (Fsp3) is 0.526. The third-order valence-corrected chi connectivity index (χ3v) is 5.07. The van der Waals surface area contributed by atoms with Crippen molar-refractivity contribution in [2.45, 2.75) is 66.0 Å². The first kappa shape index (κ1) is 14.5. The summed E-state index contributed by atoms with van der Waals surface area (Å²) in [4.78, 5) is 5.00. The van der Waals surface area contributed by atoms with Gasteiger partial charge in [-0.05, 0) is 68.7 Å². The van der Waals surface area contributed by atoms with Crippen molar-refractivity contribution in [2.75, 3.05) is 0 Å². The molecule has 0 fully saturated rings. The van der Waals surface area contributed by atoms with Crippen LogP contribution in [0.4, 0.5) is 0 Å². The molecule has 1 aromatic heterocycles. The summed E-state index contributed by atoms with van der Waals surface area (Å²) in [6, 6.07) is 5.08. The standard InChI is InChI=1S/C19H26N2/c1-5-13(3)20-11-17-15-7-6-8-18(15)21-19-14(4)12(2)9-10-16(17)19/h9-10,13,20H,5-8,11H2,1-4H3. The van der Waals surface area contributed by atoms with E-state index in [1.54, 1.807) is 0 Å². The van der Waals surface area contributed by atoms with Crippen molar-refractivity contribution in [3.8, 4) is 0 Å². The van der Waals surface area contributed by atoms with Crippen molar-refractivity contribution < 1.29 is 0 Å². The molecule has 1 aliphatic carbocycles. The van der Waals surface area contributed by atoms with E-state index in [0.717, 1.165) is 13.0 Å². The summed E-state index contributed by atoms with van der Waals surface area (Å²) in [6.07, 6.45) is 4.77. The second-order valence-corrected chi connectivity index (χ2v) is 6.46. The van der Waals surface area contributed by atoms with Gasteiger partial charge < -0.3 is 5.32 Å². The van der Waals surface area contributed by atoms with E-state index in [1.165, 1.54) is 58.1 Å². The van der Waals surface area contributed by atoms with Gasteiger partial charge in [0.25, 0.3) is 0 Å². The Morgan fingerprint density at radius 3 is 2.81 bits per heavy atom. The Kier molecular flexibility index (Phi) is 3.99. The van der Waals surface area contributed by atoms with Crippen molar-refractivity contribution >= 4 is 10.9 Å². The number of hydrogen-bond donors (Lipinski definition) is 1. The predicted molar refractivity (Wildman–Crippen MR) is 89.8 cm³/mol. The fourth-order valence-electron chi connectivity index (χ4n) is 3.28. The summed E-state index contributed by atoms with van der Waals surface area (Å²) in [5, 5.41) is 5.03. The normalized spacial score (nSPS) is 15.4. The van der Waals surface area contributed by atoms with Crippen LogP contribution >= 0.6 is 0 Å². The maximum Gasteiger partial charge on any atom is 0.0740 e. The summed E-state index contributed by atoms with van der Waals surface area (Å²) >= 11 is 0. The SMILES string of the molecule is CCC(C)NCc1c2c(nc3c(C)c(C)ccc13)CCC2.